The quantitative estimate of drug-likeness (QED) is 0.258. The first kappa shape index (κ1) is 17.7. The van der Waals surface area contributed by atoms with E-state index in [1.54, 1.807) is 0 Å². The molecule has 1 aliphatic rings. The molecule has 0 aliphatic carbocycles. The van der Waals surface area contributed by atoms with Crippen LogP contribution in [-0.2, 0) is 6.54 Å². The van der Waals surface area contributed by atoms with Crippen LogP contribution in [0.3, 0.4) is 0 Å². The van der Waals surface area contributed by atoms with Gasteiger partial charge in [0.05, 0.1) is 18.6 Å². The molecule has 0 amide bonds. The van der Waals surface area contributed by atoms with Crippen LogP contribution in [0.25, 0.3) is 32.7 Å². The summed E-state index contributed by atoms with van der Waals surface area (Å²) >= 11 is 0. The molecule has 0 bridgehead atoms. The lowest BCUT2D eigenvalue weighted by atomic mass is 9.97. The number of rotatable bonds is 2. The van der Waals surface area contributed by atoms with Gasteiger partial charge in [0, 0.05) is 22.3 Å². The van der Waals surface area contributed by atoms with Gasteiger partial charge in [0.15, 0.2) is 0 Å². The van der Waals surface area contributed by atoms with Gasteiger partial charge in [0.1, 0.15) is 0 Å². The molecular formula is C28H21N3. The van der Waals surface area contributed by atoms with Crippen LogP contribution in [0.2, 0.25) is 0 Å². The molecule has 0 fully saturated rings. The lowest BCUT2D eigenvalue weighted by Crippen LogP contribution is -2.23. The van der Waals surface area contributed by atoms with Gasteiger partial charge in [0.2, 0.25) is 0 Å². The molecule has 3 nitrogen and oxygen atoms in total. The van der Waals surface area contributed by atoms with Crippen LogP contribution in [0, 0.1) is 0 Å². The summed E-state index contributed by atoms with van der Waals surface area (Å²) < 4.78 is 0. The van der Waals surface area contributed by atoms with Crippen molar-refractivity contribution < 1.29 is 0 Å². The lowest BCUT2D eigenvalue weighted by molar-refractivity contribution is 1.01. The number of benzene rings is 5. The van der Waals surface area contributed by atoms with Gasteiger partial charge in [-0.1, -0.05) is 60.7 Å². The Morgan fingerprint density at radius 1 is 0.677 bits per heavy atom. The minimum atomic E-state index is 0.786. The summed E-state index contributed by atoms with van der Waals surface area (Å²) in [5.41, 5.74) is 12.9. The van der Waals surface area contributed by atoms with E-state index in [1.165, 1.54) is 27.5 Å². The monoisotopic (exact) mass is 399 g/mol. The molecule has 0 aromatic heterocycles. The van der Waals surface area contributed by atoms with E-state index in [0.717, 1.165) is 34.4 Å². The maximum absolute atomic E-state index is 6.21. The molecule has 0 spiro atoms. The van der Waals surface area contributed by atoms with Crippen LogP contribution in [0.4, 0.5) is 17.1 Å². The fourth-order valence-electron chi connectivity index (χ4n) is 4.44. The Hall–Kier alpha value is -4.11. The molecule has 0 atom stereocenters. The van der Waals surface area contributed by atoms with Gasteiger partial charge in [0.25, 0.3) is 0 Å². The predicted molar refractivity (Wildman–Crippen MR) is 132 cm³/mol. The SMILES string of the molecule is Nc1cccc2cc3c4c(ccc3cc12)N=CN(c1ccc(-c2ccccc2)cc1)C4. The minimum Gasteiger partial charge on any atom is -0.398 e. The van der Waals surface area contributed by atoms with Gasteiger partial charge < -0.3 is 10.6 Å². The van der Waals surface area contributed by atoms with Crippen LogP contribution >= 0.6 is 0 Å². The van der Waals surface area contributed by atoms with Crippen LogP contribution in [-0.4, -0.2) is 6.34 Å². The highest BCUT2D eigenvalue weighted by Gasteiger charge is 2.17. The largest absolute Gasteiger partial charge is 0.398 e. The maximum Gasteiger partial charge on any atom is 0.0960 e. The van der Waals surface area contributed by atoms with Crippen molar-refractivity contribution in [2.45, 2.75) is 6.54 Å². The highest BCUT2D eigenvalue weighted by molar-refractivity contribution is 6.06. The fourth-order valence-corrected chi connectivity index (χ4v) is 4.44. The van der Waals surface area contributed by atoms with Crippen LogP contribution in [0.1, 0.15) is 5.56 Å². The predicted octanol–water partition coefficient (Wildman–Crippen LogP) is 6.92. The van der Waals surface area contributed by atoms with Gasteiger partial charge in [-0.05, 0) is 63.7 Å². The Kier molecular flexibility index (Phi) is 4.00. The van der Waals surface area contributed by atoms with Gasteiger partial charge >= 0.3 is 0 Å². The minimum absolute atomic E-state index is 0.786. The number of nitrogens with zero attached hydrogens (tertiary/aromatic N) is 2. The second-order valence-electron chi connectivity index (χ2n) is 7.99. The van der Waals surface area contributed by atoms with Gasteiger partial charge in [-0.2, -0.15) is 0 Å². The molecule has 1 aliphatic heterocycles. The van der Waals surface area contributed by atoms with E-state index in [0.29, 0.717) is 0 Å². The molecule has 2 N–H and O–H groups in total. The van der Waals surface area contributed by atoms with Crippen LogP contribution in [0.15, 0.2) is 102 Å². The van der Waals surface area contributed by atoms with Crippen molar-refractivity contribution in [2.75, 3.05) is 10.6 Å². The van der Waals surface area contributed by atoms with Crippen molar-refractivity contribution in [3.05, 3.63) is 103 Å². The zero-order valence-electron chi connectivity index (χ0n) is 17.0. The Morgan fingerprint density at radius 2 is 1.42 bits per heavy atom. The molecule has 3 heteroatoms. The van der Waals surface area contributed by atoms with Crippen molar-refractivity contribution in [3.8, 4) is 11.1 Å². The number of nitrogens with two attached hydrogens (primary N) is 1. The molecule has 0 saturated heterocycles. The third-order valence-corrected chi connectivity index (χ3v) is 6.11. The summed E-state index contributed by atoms with van der Waals surface area (Å²) in [4.78, 5) is 6.96. The first-order valence-corrected chi connectivity index (χ1v) is 10.5. The number of hydrogen-bond acceptors (Lipinski definition) is 3. The molecule has 31 heavy (non-hydrogen) atoms. The van der Waals surface area contributed by atoms with E-state index >= 15 is 0 Å². The maximum atomic E-state index is 6.21. The van der Waals surface area contributed by atoms with E-state index in [2.05, 4.69) is 83.8 Å². The lowest BCUT2D eigenvalue weighted by Gasteiger charge is -2.26. The molecule has 5 aromatic carbocycles. The average Bonchev–Trinajstić information content (AvgIpc) is 2.84. The third-order valence-electron chi connectivity index (χ3n) is 6.11. The van der Waals surface area contributed by atoms with Crippen molar-refractivity contribution in [3.63, 3.8) is 0 Å². The highest BCUT2D eigenvalue weighted by atomic mass is 15.2. The molecular weight excluding hydrogens is 378 g/mol. The first-order chi connectivity index (χ1) is 15.3. The zero-order valence-corrected chi connectivity index (χ0v) is 17.0. The number of anilines is 2. The summed E-state index contributed by atoms with van der Waals surface area (Å²) in [6, 6.07) is 33.9. The van der Waals surface area contributed by atoms with E-state index in [4.69, 9.17) is 10.7 Å². The topological polar surface area (TPSA) is 41.6 Å². The number of hydrogen-bond donors (Lipinski definition) is 1. The molecule has 6 rings (SSSR count). The summed E-state index contributed by atoms with van der Waals surface area (Å²) in [6.45, 7) is 0.786. The Bertz CT molecular complexity index is 1450. The third kappa shape index (κ3) is 3.03. The van der Waals surface area contributed by atoms with E-state index in [1.807, 2.05) is 24.5 Å². The second kappa shape index (κ2) is 6.99. The first-order valence-electron chi connectivity index (χ1n) is 10.5. The molecule has 148 valence electrons. The van der Waals surface area contributed by atoms with Gasteiger partial charge in [-0.15, -0.1) is 0 Å². The number of nitrogen functional groups attached to an aromatic ring is 1. The normalized spacial score (nSPS) is 13.0. The Labute approximate surface area is 181 Å². The Morgan fingerprint density at radius 3 is 2.26 bits per heavy atom. The van der Waals surface area contributed by atoms with Crippen LogP contribution in [0.5, 0.6) is 0 Å². The Balaban J connectivity index is 1.39. The van der Waals surface area contributed by atoms with Crippen molar-refractivity contribution in [2.24, 2.45) is 4.99 Å². The molecule has 0 radical (unpaired) electrons. The smallest absolute Gasteiger partial charge is 0.0960 e. The van der Waals surface area contributed by atoms with E-state index in [9.17, 15) is 0 Å². The van der Waals surface area contributed by atoms with Gasteiger partial charge in [-0.25, -0.2) is 4.99 Å². The summed E-state index contributed by atoms with van der Waals surface area (Å²) in [5.74, 6) is 0. The summed E-state index contributed by atoms with van der Waals surface area (Å²) in [5, 5.41) is 4.69. The molecule has 5 aromatic rings. The van der Waals surface area contributed by atoms with E-state index in [-0.39, 0.29) is 0 Å². The molecule has 1 heterocycles. The fraction of sp³-hybridized carbons (Fsp3) is 0.0357. The highest BCUT2D eigenvalue weighted by Crippen LogP contribution is 2.36. The number of fused-ring (bicyclic) bond motifs is 4. The molecule has 0 saturated carbocycles. The van der Waals surface area contributed by atoms with Crippen LogP contribution < -0.4 is 10.6 Å². The summed E-state index contributed by atoms with van der Waals surface area (Å²) in [7, 11) is 0. The van der Waals surface area contributed by atoms with E-state index < -0.39 is 0 Å². The van der Waals surface area contributed by atoms with Crippen molar-refractivity contribution in [1.82, 2.24) is 0 Å². The van der Waals surface area contributed by atoms with Gasteiger partial charge in [-0.3, -0.25) is 0 Å². The van der Waals surface area contributed by atoms with Crippen molar-refractivity contribution >= 4 is 44.9 Å². The summed E-state index contributed by atoms with van der Waals surface area (Å²) in [6.07, 6.45) is 1.94. The standard InChI is InChI=1S/C28H21N3/c29-27-8-4-7-21-15-24-22(16-25(21)27)11-14-28-26(24)17-31(18-30-28)23-12-9-20(10-13-23)19-5-2-1-3-6-19/h1-16,18H,17,29H2. The zero-order chi connectivity index (χ0) is 20.8. The van der Waals surface area contributed by atoms with Crippen molar-refractivity contribution in [1.29, 1.82) is 0 Å². The average molecular weight is 399 g/mol. The molecule has 0 unspecified atom stereocenters. The second-order valence-corrected chi connectivity index (χ2v) is 7.99. The number of aliphatic imine (C=N–C) groups is 1.